The number of ketones is 1. The summed E-state index contributed by atoms with van der Waals surface area (Å²) < 4.78 is 60.1. The van der Waals surface area contributed by atoms with Crippen molar-refractivity contribution in [3.05, 3.63) is 63.7 Å². The molecule has 0 aliphatic carbocycles. The number of halogens is 5. The standard InChI is InChI=1S/C24H19ClF4N2O6/c1-2-17(31-6-5-11-3-4-12(25)7-13(11)24(31)36)23(35)30-16(9-19(33)34)18(32)10-37-22-20(28)14(26)8-15(27)21(22)29/h3-4,6-8,16-17H,2,5,9-10H2,1H3,(H-,30,33,34,35)/p+1/t16?,17-/m0/s1. The van der Waals surface area contributed by atoms with Gasteiger partial charge in [-0.05, 0) is 17.7 Å². The van der Waals surface area contributed by atoms with Crippen LogP contribution in [0.1, 0.15) is 35.7 Å². The first-order valence-corrected chi connectivity index (χ1v) is 11.3. The van der Waals surface area contributed by atoms with Gasteiger partial charge in [-0.15, -0.1) is 0 Å². The number of nitrogens with one attached hydrogen (secondary N) is 1. The lowest BCUT2D eigenvalue weighted by molar-refractivity contribution is -0.456. The maximum Gasteiger partial charge on any atom is 0.420 e. The highest BCUT2D eigenvalue weighted by atomic mass is 35.5. The zero-order valence-electron chi connectivity index (χ0n) is 19.2. The van der Waals surface area contributed by atoms with Crippen molar-refractivity contribution in [2.24, 2.45) is 0 Å². The molecule has 2 atom stereocenters. The van der Waals surface area contributed by atoms with Gasteiger partial charge in [0.15, 0.2) is 29.4 Å². The Morgan fingerprint density at radius 2 is 1.78 bits per heavy atom. The van der Waals surface area contributed by atoms with Crippen LogP contribution in [0.2, 0.25) is 5.02 Å². The van der Waals surface area contributed by atoms with Gasteiger partial charge in [-0.25, -0.2) is 13.6 Å². The first-order valence-electron chi connectivity index (χ1n) is 10.9. The highest BCUT2D eigenvalue weighted by Gasteiger charge is 2.39. The zero-order chi connectivity index (χ0) is 27.4. The topological polar surface area (TPSA) is 113 Å². The van der Waals surface area contributed by atoms with E-state index < -0.39 is 77.7 Å². The van der Waals surface area contributed by atoms with E-state index in [0.717, 1.165) is 4.58 Å². The Morgan fingerprint density at radius 3 is 2.38 bits per heavy atom. The molecule has 0 bridgehead atoms. The molecule has 0 aromatic heterocycles. The number of Topliss-reactive ketones (excluding diaryl/α,β-unsaturated/α-hetero) is 1. The average molecular weight is 544 g/mol. The molecule has 196 valence electrons. The van der Waals surface area contributed by atoms with Crippen LogP contribution in [0.25, 0.3) is 0 Å². The van der Waals surface area contributed by atoms with Crippen LogP contribution in [0.4, 0.5) is 17.6 Å². The van der Waals surface area contributed by atoms with Crippen LogP contribution in [0.15, 0.2) is 24.3 Å². The molecule has 37 heavy (non-hydrogen) atoms. The lowest BCUT2D eigenvalue weighted by atomic mass is 9.99. The van der Waals surface area contributed by atoms with Crippen molar-refractivity contribution < 1.29 is 51.2 Å². The highest BCUT2D eigenvalue weighted by molar-refractivity contribution is 6.31. The number of carbonyl (C=O) groups excluding carboxylic acids is 3. The van der Waals surface area contributed by atoms with E-state index in [4.69, 9.17) is 16.7 Å². The Morgan fingerprint density at radius 1 is 1.14 bits per heavy atom. The van der Waals surface area contributed by atoms with Crippen LogP contribution in [0.3, 0.4) is 0 Å². The van der Waals surface area contributed by atoms with Crippen molar-refractivity contribution in [1.82, 2.24) is 5.32 Å². The maximum absolute atomic E-state index is 13.8. The highest BCUT2D eigenvalue weighted by Crippen LogP contribution is 2.26. The van der Waals surface area contributed by atoms with E-state index in [1.54, 1.807) is 19.1 Å². The van der Waals surface area contributed by atoms with E-state index in [1.165, 1.54) is 12.3 Å². The minimum Gasteiger partial charge on any atom is -0.481 e. The Labute approximate surface area is 212 Å². The second-order valence-electron chi connectivity index (χ2n) is 8.04. The van der Waals surface area contributed by atoms with E-state index in [0.29, 0.717) is 17.0 Å². The van der Waals surface area contributed by atoms with Crippen LogP contribution in [-0.2, 0) is 20.8 Å². The minimum absolute atomic E-state index is 0.0526. The van der Waals surface area contributed by atoms with E-state index in [9.17, 15) is 36.7 Å². The predicted octanol–water partition coefficient (Wildman–Crippen LogP) is 3.06. The van der Waals surface area contributed by atoms with Crippen LogP contribution >= 0.6 is 11.6 Å². The number of fused-ring (bicyclic) bond motifs is 1. The summed E-state index contributed by atoms with van der Waals surface area (Å²) in [4.78, 5) is 49.9. The molecule has 0 saturated heterocycles. The molecule has 2 N–H and O–H groups in total. The van der Waals surface area contributed by atoms with Gasteiger partial charge in [-0.1, -0.05) is 24.6 Å². The molecule has 1 heterocycles. The smallest absolute Gasteiger partial charge is 0.420 e. The molecular weight excluding hydrogens is 524 g/mol. The summed E-state index contributed by atoms with van der Waals surface area (Å²) in [5, 5.41) is 11.7. The number of rotatable bonds is 10. The summed E-state index contributed by atoms with van der Waals surface area (Å²) in [7, 11) is 0. The molecule has 1 aliphatic rings. The van der Waals surface area contributed by atoms with Crippen molar-refractivity contribution in [2.75, 3.05) is 6.61 Å². The summed E-state index contributed by atoms with van der Waals surface area (Å²) in [5.41, 5.74) is 0.962. The van der Waals surface area contributed by atoms with E-state index >= 15 is 0 Å². The Balaban J connectivity index is 1.77. The molecule has 2 aromatic rings. The van der Waals surface area contributed by atoms with Crippen molar-refractivity contribution in [2.45, 2.75) is 38.3 Å². The van der Waals surface area contributed by atoms with Gasteiger partial charge in [0.25, 0.3) is 5.91 Å². The molecule has 2 amide bonds. The first kappa shape index (κ1) is 27.8. The molecule has 3 rings (SSSR count). The van der Waals surface area contributed by atoms with Crippen molar-refractivity contribution >= 4 is 41.4 Å². The van der Waals surface area contributed by atoms with E-state index in [1.807, 2.05) is 0 Å². The Kier molecular flexibility index (Phi) is 8.64. The zero-order valence-corrected chi connectivity index (χ0v) is 20.0. The fraction of sp³-hybridized carbons (Fsp3) is 0.292. The molecule has 1 aliphatic heterocycles. The SMILES string of the molecule is CC[C@@H](C(=O)NC(CC(=O)O)C(=O)COc1c(F)c(F)cc(F)c1F)[N+]1=CCc2ccc(Cl)cc2C1=O. The molecule has 1 unspecified atom stereocenters. The van der Waals surface area contributed by atoms with E-state index in [-0.39, 0.29) is 18.1 Å². The molecule has 0 saturated carbocycles. The predicted molar refractivity (Wildman–Crippen MR) is 121 cm³/mol. The Hall–Kier alpha value is -3.80. The number of aliphatic carboxylic acids is 1. The molecule has 2 aromatic carbocycles. The van der Waals surface area contributed by atoms with Gasteiger partial charge < -0.3 is 15.2 Å². The number of ether oxygens (including phenoxy) is 1. The number of nitrogens with zero attached hydrogens (tertiary/aromatic N) is 1. The van der Waals surface area contributed by atoms with Crippen LogP contribution in [-0.4, -0.2) is 58.2 Å². The molecule has 0 spiro atoms. The number of amides is 2. The third-order valence-electron chi connectivity index (χ3n) is 5.58. The van der Waals surface area contributed by atoms with Crippen LogP contribution in [0, 0.1) is 23.3 Å². The van der Waals surface area contributed by atoms with Gasteiger partial charge in [-0.3, -0.25) is 14.4 Å². The lowest BCUT2D eigenvalue weighted by Crippen LogP contribution is -2.52. The van der Waals surface area contributed by atoms with Crippen LogP contribution < -0.4 is 10.1 Å². The van der Waals surface area contributed by atoms with Crippen molar-refractivity contribution in [1.29, 1.82) is 0 Å². The minimum atomic E-state index is -1.89. The fourth-order valence-corrected chi connectivity index (χ4v) is 3.90. The van der Waals surface area contributed by atoms with Gasteiger partial charge >= 0.3 is 11.9 Å². The maximum atomic E-state index is 13.8. The molecule has 0 radical (unpaired) electrons. The number of carboxylic acids is 1. The van der Waals surface area contributed by atoms with E-state index in [2.05, 4.69) is 10.1 Å². The molecule has 13 heteroatoms. The number of benzene rings is 2. The monoisotopic (exact) mass is 543 g/mol. The van der Waals surface area contributed by atoms with Gasteiger partial charge in [0.1, 0.15) is 12.6 Å². The van der Waals surface area contributed by atoms with Gasteiger partial charge in [0.2, 0.25) is 17.7 Å². The summed E-state index contributed by atoms with van der Waals surface area (Å²) >= 11 is 5.97. The second kappa shape index (κ2) is 11.5. The quantitative estimate of drug-likeness (QED) is 0.271. The number of carbonyl (C=O) groups is 4. The third-order valence-corrected chi connectivity index (χ3v) is 5.82. The van der Waals surface area contributed by atoms with Crippen molar-refractivity contribution in [3.63, 3.8) is 0 Å². The summed E-state index contributed by atoms with van der Waals surface area (Å²) in [6, 6.07) is 1.79. The normalized spacial score (nSPS) is 14.3. The first-order chi connectivity index (χ1) is 17.4. The largest absolute Gasteiger partial charge is 0.481 e. The number of carboxylic acid groups (broad SMARTS) is 1. The average Bonchev–Trinajstić information content (AvgIpc) is 2.84. The summed E-state index contributed by atoms with van der Waals surface area (Å²) in [6.45, 7) is 0.367. The second-order valence-corrected chi connectivity index (χ2v) is 8.47. The van der Waals surface area contributed by atoms with Gasteiger partial charge in [0.05, 0.1) is 18.4 Å². The van der Waals surface area contributed by atoms with Crippen molar-refractivity contribution in [3.8, 4) is 5.75 Å². The molecule has 0 fully saturated rings. The molecule has 8 nitrogen and oxygen atoms in total. The molecular formula is C24H20ClF4N2O6+. The van der Waals surface area contributed by atoms with Gasteiger partial charge in [-0.2, -0.15) is 13.4 Å². The fourth-order valence-electron chi connectivity index (χ4n) is 3.73. The summed E-state index contributed by atoms with van der Waals surface area (Å²) in [6.07, 6.45) is 0.915. The lowest BCUT2D eigenvalue weighted by Gasteiger charge is -2.21. The summed E-state index contributed by atoms with van der Waals surface area (Å²) in [5.74, 6) is -12.9. The van der Waals surface area contributed by atoms with Gasteiger partial charge in [0, 0.05) is 17.5 Å². The number of hydrogen-bond acceptors (Lipinski definition) is 5. The number of hydrogen-bond donors (Lipinski definition) is 2. The Bertz CT molecular complexity index is 1290. The van der Waals surface area contributed by atoms with Crippen LogP contribution in [0.5, 0.6) is 5.75 Å². The third kappa shape index (κ3) is 6.13.